The van der Waals surface area contributed by atoms with Gasteiger partial charge in [-0.2, -0.15) is 0 Å². The summed E-state index contributed by atoms with van der Waals surface area (Å²) >= 11 is 0. The summed E-state index contributed by atoms with van der Waals surface area (Å²) in [5.41, 5.74) is 8.18. The highest BCUT2D eigenvalue weighted by Crippen LogP contribution is 2.50. The molecule has 0 unspecified atom stereocenters. The van der Waals surface area contributed by atoms with Gasteiger partial charge in [-0.3, -0.25) is 0 Å². The molecule has 1 aliphatic rings. The highest BCUT2D eigenvalue weighted by Gasteiger charge is 2.39. The molecule has 0 amide bonds. The van der Waals surface area contributed by atoms with Gasteiger partial charge in [0.1, 0.15) is 0 Å². The van der Waals surface area contributed by atoms with Crippen molar-refractivity contribution < 1.29 is 9.13 Å². The summed E-state index contributed by atoms with van der Waals surface area (Å²) in [4.78, 5) is 0. The summed E-state index contributed by atoms with van der Waals surface area (Å²) in [5, 5.41) is 2.65. The van der Waals surface area contributed by atoms with Crippen molar-refractivity contribution in [1.82, 2.24) is 0 Å². The molecule has 6 rings (SSSR count). The Balaban J connectivity index is 1.40. The van der Waals surface area contributed by atoms with Crippen LogP contribution in [0, 0.1) is 0 Å². The molecule has 33 heavy (non-hydrogen) atoms. The first-order chi connectivity index (χ1) is 16.1. The monoisotopic (exact) mass is 428 g/mol. The molecule has 0 spiro atoms. The second-order valence-electron chi connectivity index (χ2n) is 9.65. The molecule has 0 radical (unpaired) electrons. The van der Waals surface area contributed by atoms with Gasteiger partial charge in [-0.25, -0.2) is 9.13 Å². The van der Waals surface area contributed by atoms with Crippen LogP contribution >= 0.6 is 0 Å². The van der Waals surface area contributed by atoms with Crippen molar-refractivity contribution in [3.63, 3.8) is 0 Å². The van der Waals surface area contributed by atoms with Crippen LogP contribution in [0.25, 0.3) is 21.9 Å². The quantitative estimate of drug-likeness (QED) is 0.319. The molecule has 0 aliphatic heterocycles. The van der Waals surface area contributed by atoms with E-state index in [2.05, 4.69) is 133 Å². The van der Waals surface area contributed by atoms with E-state index >= 15 is 0 Å². The summed E-state index contributed by atoms with van der Waals surface area (Å²) in [6, 6.07) is 30.5. The topological polar surface area (TPSA) is 7.76 Å². The van der Waals surface area contributed by atoms with Gasteiger partial charge in [0.2, 0.25) is 0 Å². The summed E-state index contributed by atoms with van der Waals surface area (Å²) in [5.74, 6) is 0. The van der Waals surface area contributed by atoms with E-state index in [0.29, 0.717) is 0 Å². The first-order valence-corrected chi connectivity index (χ1v) is 11.7. The highest BCUT2D eigenvalue weighted by molar-refractivity contribution is 5.96. The van der Waals surface area contributed by atoms with E-state index in [9.17, 15) is 0 Å². The molecular weight excluding hydrogens is 400 g/mol. The summed E-state index contributed by atoms with van der Waals surface area (Å²) < 4.78 is 4.60. The third-order valence-corrected chi connectivity index (χ3v) is 7.04. The van der Waals surface area contributed by atoms with Crippen molar-refractivity contribution in [2.45, 2.75) is 32.4 Å². The Morgan fingerprint density at radius 3 is 1.88 bits per heavy atom. The number of fused-ring (bicyclic) bond motifs is 5. The maximum atomic E-state index is 2.37. The molecule has 0 N–H and O–H groups in total. The lowest BCUT2D eigenvalue weighted by Crippen LogP contribution is -2.35. The molecule has 2 heterocycles. The fourth-order valence-corrected chi connectivity index (χ4v) is 5.41. The number of benzene rings is 3. The maximum absolute atomic E-state index is 2.37. The molecule has 0 fully saturated rings. The minimum atomic E-state index is -0.0461. The zero-order valence-electron chi connectivity index (χ0n) is 19.2. The maximum Gasteiger partial charge on any atom is 0.176 e. The molecule has 1 aliphatic carbocycles. The third-order valence-electron chi connectivity index (χ3n) is 7.04. The van der Waals surface area contributed by atoms with Crippen molar-refractivity contribution in [3.05, 3.63) is 132 Å². The van der Waals surface area contributed by atoms with Gasteiger partial charge in [-0.05, 0) is 28.1 Å². The van der Waals surface area contributed by atoms with Crippen LogP contribution in [0.3, 0.4) is 0 Å². The molecule has 0 saturated carbocycles. The van der Waals surface area contributed by atoms with Gasteiger partial charge in [0.15, 0.2) is 37.9 Å². The SMILES string of the molecule is CC1(C)c2c[n+](Cc3ccccc3)ccc2-c2ccc3c[n+](Cc4ccccc4)ccc3c21. The Morgan fingerprint density at radius 1 is 0.606 bits per heavy atom. The summed E-state index contributed by atoms with van der Waals surface area (Å²) in [7, 11) is 0. The average Bonchev–Trinajstić information content (AvgIpc) is 3.07. The van der Waals surface area contributed by atoms with Crippen molar-refractivity contribution in [1.29, 1.82) is 0 Å². The van der Waals surface area contributed by atoms with Crippen LogP contribution in [0.1, 0.15) is 36.1 Å². The van der Waals surface area contributed by atoms with E-state index in [1.54, 1.807) is 0 Å². The van der Waals surface area contributed by atoms with Gasteiger partial charge < -0.3 is 0 Å². The molecule has 0 bridgehead atoms. The molecule has 0 saturated heterocycles. The second kappa shape index (κ2) is 7.67. The highest BCUT2D eigenvalue weighted by atomic mass is 14.9. The number of hydrogen-bond acceptors (Lipinski definition) is 0. The van der Waals surface area contributed by atoms with Crippen LogP contribution in [0.15, 0.2) is 110 Å². The summed E-state index contributed by atoms with van der Waals surface area (Å²) in [6.07, 6.45) is 9.09. The van der Waals surface area contributed by atoms with Crippen LogP contribution in [0.4, 0.5) is 0 Å². The molecule has 0 atom stereocenters. The van der Waals surface area contributed by atoms with Gasteiger partial charge in [0.05, 0.1) is 0 Å². The Bertz CT molecular complexity index is 1470. The number of aromatic nitrogens is 2. The third kappa shape index (κ3) is 3.43. The van der Waals surface area contributed by atoms with Gasteiger partial charge in [-0.1, -0.05) is 80.6 Å². The van der Waals surface area contributed by atoms with E-state index in [1.807, 2.05) is 0 Å². The van der Waals surface area contributed by atoms with Crippen LogP contribution in [0.2, 0.25) is 0 Å². The largest absolute Gasteiger partial charge is 0.200 e. The normalized spacial score (nSPS) is 13.6. The Labute approximate surface area is 195 Å². The van der Waals surface area contributed by atoms with E-state index < -0.39 is 0 Å². The van der Waals surface area contributed by atoms with Crippen molar-refractivity contribution in [3.8, 4) is 11.1 Å². The van der Waals surface area contributed by atoms with Crippen LogP contribution in [-0.4, -0.2) is 0 Å². The minimum absolute atomic E-state index is 0.0461. The molecule has 160 valence electrons. The zero-order valence-corrected chi connectivity index (χ0v) is 19.2. The lowest BCUT2D eigenvalue weighted by molar-refractivity contribution is -0.688. The summed E-state index contributed by atoms with van der Waals surface area (Å²) in [6.45, 7) is 6.52. The second-order valence-corrected chi connectivity index (χ2v) is 9.65. The molecular formula is C31H28N2+2. The lowest BCUT2D eigenvalue weighted by atomic mass is 9.81. The predicted octanol–water partition coefficient (Wildman–Crippen LogP) is 5.82. The Morgan fingerprint density at radius 2 is 1.21 bits per heavy atom. The van der Waals surface area contributed by atoms with E-state index in [4.69, 9.17) is 0 Å². The predicted molar refractivity (Wildman–Crippen MR) is 133 cm³/mol. The molecule has 2 nitrogen and oxygen atoms in total. The average molecular weight is 429 g/mol. The van der Waals surface area contributed by atoms with Crippen molar-refractivity contribution in [2.24, 2.45) is 0 Å². The Kier molecular flexibility index (Phi) is 4.62. The molecule has 5 aromatic rings. The lowest BCUT2D eigenvalue weighted by Gasteiger charge is -2.21. The van der Waals surface area contributed by atoms with Gasteiger partial charge in [0, 0.05) is 39.6 Å². The number of nitrogens with zero attached hydrogens (tertiary/aromatic N) is 2. The number of hydrogen-bond donors (Lipinski definition) is 0. The zero-order chi connectivity index (χ0) is 22.4. The standard InChI is InChI=1S/C31H28N2/c1-31(2)29-22-33(20-24-11-7-4-8-12-24)18-16-27(29)28-14-13-25-21-32(17-15-26(25)30(28)31)19-23-9-5-3-6-10-23/h3-18,21-22H,19-20H2,1-2H3/q+2. The van der Waals surface area contributed by atoms with Gasteiger partial charge >= 0.3 is 0 Å². The Hall–Kier alpha value is -3.78. The van der Waals surface area contributed by atoms with E-state index in [0.717, 1.165) is 13.1 Å². The van der Waals surface area contributed by atoms with Crippen molar-refractivity contribution in [2.75, 3.05) is 0 Å². The van der Waals surface area contributed by atoms with Crippen molar-refractivity contribution >= 4 is 10.8 Å². The van der Waals surface area contributed by atoms with E-state index in [1.165, 1.54) is 44.2 Å². The van der Waals surface area contributed by atoms with Crippen LogP contribution < -0.4 is 9.13 Å². The smallest absolute Gasteiger partial charge is 0.176 e. The number of pyridine rings is 2. The number of rotatable bonds is 4. The van der Waals surface area contributed by atoms with E-state index in [-0.39, 0.29) is 5.41 Å². The molecule has 3 aromatic carbocycles. The fourth-order valence-electron chi connectivity index (χ4n) is 5.41. The fraction of sp³-hybridized carbons (Fsp3) is 0.161. The van der Waals surface area contributed by atoms with Crippen LogP contribution in [0.5, 0.6) is 0 Å². The first kappa shape index (κ1) is 19.9. The van der Waals surface area contributed by atoms with Gasteiger partial charge in [0.25, 0.3) is 0 Å². The van der Waals surface area contributed by atoms with Gasteiger partial charge in [-0.15, -0.1) is 0 Å². The minimum Gasteiger partial charge on any atom is -0.200 e. The first-order valence-electron chi connectivity index (χ1n) is 11.7. The molecule has 2 aromatic heterocycles. The molecule has 2 heteroatoms. The van der Waals surface area contributed by atoms with Crippen LogP contribution in [-0.2, 0) is 18.5 Å².